The number of hydrogen-bond donors (Lipinski definition) is 0. The molecule has 0 aliphatic carbocycles. The smallest absolute Gasteiger partial charge is 0.227 e. The zero-order valence-electron chi connectivity index (χ0n) is 16.7. The molecule has 4 rings (SSSR count). The second-order valence-electron chi connectivity index (χ2n) is 7.91. The van der Waals surface area contributed by atoms with E-state index in [1.807, 2.05) is 36.2 Å². The number of fused-ring (bicyclic) bond motifs is 1. The standard InChI is InChI=1S/C24H28N2O2/c1-25-13-6-5-9-22(25)21-8-4-3-7-20(21)17-26(2)24(27)16-18-10-11-23-19(15-18)12-14-28-23/h3-4,7-8,10-12,14-15,22H,5-6,9,13,16-17H2,1-2H3. The molecule has 2 heterocycles. The zero-order chi connectivity index (χ0) is 19.5. The van der Waals surface area contributed by atoms with Crippen molar-refractivity contribution in [3.05, 3.63) is 71.5 Å². The molecule has 1 aliphatic rings. The Bertz CT molecular complexity index is 962. The van der Waals surface area contributed by atoms with Crippen molar-refractivity contribution < 1.29 is 9.21 Å². The van der Waals surface area contributed by atoms with E-state index in [0.717, 1.165) is 23.1 Å². The molecule has 0 N–H and O–H groups in total. The second kappa shape index (κ2) is 8.19. The molecule has 1 atom stereocenters. The minimum absolute atomic E-state index is 0.134. The maximum Gasteiger partial charge on any atom is 0.227 e. The lowest BCUT2D eigenvalue weighted by molar-refractivity contribution is -0.129. The zero-order valence-corrected chi connectivity index (χ0v) is 16.7. The third kappa shape index (κ3) is 3.97. The molecule has 1 fully saturated rings. The number of likely N-dealkylation sites (tertiary alicyclic amines) is 1. The van der Waals surface area contributed by atoms with Crippen molar-refractivity contribution in [2.24, 2.45) is 0 Å². The van der Waals surface area contributed by atoms with E-state index in [1.54, 1.807) is 6.26 Å². The van der Waals surface area contributed by atoms with Gasteiger partial charge < -0.3 is 9.32 Å². The van der Waals surface area contributed by atoms with Crippen LogP contribution in [0, 0.1) is 0 Å². The normalized spacial score (nSPS) is 17.7. The molecule has 146 valence electrons. The van der Waals surface area contributed by atoms with Gasteiger partial charge in [0.25, 0.3) is 0 Å². The van der Waals surface area contributed by atoms with Crippen molar-refractivity contribution in [1.82, 2.24) is 9.80 Å². The number of rotatable bonds is 5. The lowest BCUT2D eigenvalue weighted by Gasteiger charge is -2.34. The van der Waals surface area contributed by atoms with Crippen LogP contribution in [-0.4, -0.2) is 36.3 Å². The average molecular weight is 377 g/mol. The van der Waals surface area contributed by atoms with Crippen LogP contribution < -0.4 is 0 Å². The largest absolute Gasteiger partial charge is 0.464 e. The van der Waals surface area contributed by atoms with Crippen LogP contribution in [0.4, 0.5) is 0 Å². The Balaban J connectivity index is 1.47. The molecular weight excluding hydrogens is 348 g/mol. The van der Waals surface area contributed by atoms with Crippen LogP contribution in [0.25, 0.3) is 11.0 Å². The van der Waals surface area contributed by atoms with Gasteiger partial charge in [-0.25, -0.2) is 0 Å². The molecule has 4 nitrogen and oxygen atoms in total. The van der Waals surface area contributed by atoms with E-state index < -0.39 is 0 Å². The molecule has 1 unspecified atom stereocenters. The van der Waals surface area contributed by atoms with Crippen LogP contribution in [0.3, 0.4) is 0 Å². The molecular formula is C24H28N2O2. The number of carbonyl (C=O) groups is 1. The van der Waals surface area contributed by atoms with E-state index in [-0.39, 0.29) is 5.91 Å². The summed E-state index contributed by atoms with van der Waals surface area (Å²) >= 11 is 0. The lowest BCUT2D eigenvalue weighted by Crippen LogP contribution is -2.32. The van der Waals surface area contributed by atoms with Crippen molar-refractivity contribution >= 4 is 16.9 Å². The number of hydrogen-bond acceptors (Lipinski definition) is 3. The Morgan fingerprint density at radius 1 is 1.18 bits per heavy atom. The van der Waals surface area contributed by atoms with Crippen LogP contribution in [0.5, 0.6) is 0 Å². The van der Waals surface area contributed by atoms with Gasteiger partial charge >= 0.3 is 0 Å². The Labute approximate surface area is 166 Å². The van der Waals surface area contributed by atoms with Crippen molar-refractivity contribution in [3.63, 3.8) is 0 Å². The Morgan fingerprint density at radius 3 is 2.89 bits per heavy atom. The fourth-order valence-corrected chi connectivity index (χ4v) is 4.25. The summed E-state index contributed by atoms with van der Waals surface area (Å²) in [5, 5.41) is 1.04. The van der Waals surface area contributed by atoms with E-state index in [2.05, 4.69) is 36.2 Å². The van der Waals surface area contributed by atoms with Gasteiger partial charge in [-0.2, -0.15) is 0 Å². The van der Waals surface area contributed by atoms with Crippen molar-refractivity contribution in [2.45, 2.75) is 38.3 Å². The molecule has 0 bridgehead atoms. The highest BCUT2D eigenvalue weighted by atomic mass is 16.3. The quantitative estimate of drug-likeness (QED) is 0.642. The highest BCUT2D eigenvalue weighted by molar-refractivity contribution is 5.82. The summed E-state index contributed by atoms with van der Waals surface area (Å²) in [5.41, 5.74) is 4.49. The molecule has 2 aromatic carbocycles. The van der Waals surface area contributed by atoms with Crippen LogP contribution >= 0.6 is 0 Å². The summed E-state index contributed by atoms with van der Waals surface area (Å²) < 4.78 is 5.38. The van der Waals surface area contributed by atoms with Crippen LogP contribution in [-0.2, 0) is 17.8 Å². The minimum atomic E-state index is 0.134. The predicted octanol–water partition coefficient (Wildman–Crippen LogP) is 4.79. The van der Waals surface area contributed by atoms with Gasteiger partial charge in [-0.15, -0.1) is 0 Å². The number of amides is 1. The number of likely N-dealkylation sites (N-methyl/N-ethyl adjacent to an activating group) is 1. The Hall–Kier alpha value is -2.59. The fraction of sp³-hybridized carbons (Fsp3) is 0.375. The molecule has 0 saturated carbocycles. The van der Waals surface area contributed by atoms with Crippen molar-refractivity contribution in [2.75, 3.05) is 20.6 Å². The SMILES string of the molecule is CN(Cc1ccccc1C1CCCCN1C)C(=O)Cc1ccc2occc2c1. The molecule has 1 saturated heterocycles. The molecule has 0 radical (unpaired) electrons. The van der Waals surface area contributed by atoms with Crippen molar-refractivity contribution in [3.8, 4) is 0 Å². The van der Waals surface area contributed by atoms with Gasteiger partial charge in [-0.3, -0.25) is 9.69 Å². The average Bonchev–Trinajstić information content (AvgIpc) is 3.17. The Morgan fingerprint density at radius 2 is 2.04 bits per heavy atom. The molecule has 3 aromatic rings. The highest BCUT2D eigenvalue weighted by Crippen LogP contribution is 2.32. The van der Waals surface area contributed by atoms with Gasteiger partial charge in [0.15, 0.2) is 0 Å². The Kier molecular flexibility index (Phi) is 5.49. The molecule has 1 aromatic heterocycles. The van der Waals surface area contributed by atoms with Gasteiger partial charge in [-0.1, -0.05) is 36.8 Å². The van der Waals surface area contributed by atoms with Gasteiger partial charge in [0.05, 0.1) is 12.7 Å². The third-order valence-electron chi connectivity index (χ3n) is 5.89. The molecule has 1 amide bonds. The van der Waals surface area contributed by atoms with E-state index in [0.29, 0.717) is 19.0 Å². The minimum Gasteiger partial charge on any atom is -0.464 e. The van der Waals surface area contributed by atoms with Gasteiger partial charge in [0.2, 0.25) is 5.91 Å². The van der Waals surface area contributed by atoms with E-state index >= 15 is 0 Å². The van der Waals surface area contributed by atoms with E-state index in [1.165, 1.54) is 30.4 Å². The summed E-state index contributed by atoms with van der Waals surface area (Å²) in [6, 6.07) is 16.9. The summed E-state index contributed by atoms with van der Waals surface area (Å²) in [5.74, 6) is 0.134. The molecule has 1 aliphatic heterocycles. The first-order valence-electron chi connectivity index (χ1n) is 10.1. The summed E-state index contributed by atoms with van der Waals surface area (Å²) in [6.45, 7) is 1.79. The first kappa shape index (κ1) is 18.8. The second-order valence-corrected chi connectivity index (χ2v) is 7.91. The maximum absolute atomic E-state index is 12.8. The molecule has 28 heavy (non-hydrogen) atoms. The lowest BCUT2D eigenvalue weighted by atomic mass is 9.92. The fourth-order valence-electron chi connectivity index (χ4n) is 4.25. The number of furan rings is 1. The third-order valence-corrected chi connectivity index (χ3v) is 5.89. The first-order valence-corrected chi connectivity index (χ1v) is 10.1. The molecule has 0 spiro atoms. The van der Waals surface area contributed by atoms with Crippen LogP contribution in [0.1, 0.15) is 42.0 Å². The van der Waals surface area contributed by atoms with Crippen LogP contribution in [0.2, 0.25) is 0 Å². The summed E-state index contributed by atoms with van der Waals surface area (Å²) in [6.07, 6.45) is 5.82. The van der Waals surface area contributed by atoms with Gasteiger partial charge in [-0.05, 0) is 61.3 Å². The molecule has 4 heteroatoms. The monoisotopic (exact) mass is 376 g/mol. The van der Waals surface area contributed by atoms with E-state index in [4.69, 9.17) is 4.42 Å². The highest BCUT2D eigenvalue weighted by Gasteiger charge is 2.23. The number of nitrogens with zero attached hydrogens (tertiary/aromatic N) is 2. The van der Waals surface area contributed by atoms with Crippen molar-refractivity contribution in [1.29, 1.82) is 0 Å². The van der Waals surface area contributed by atoms with Crippen LogP contribution in [0.15, 0.2) is 59.2 Å². The number of carbonyl (C=O) groups excluding carboxylic acids is 1. The van der Waals surface area contributed by atoms with Gasteiger partial charge in [0, 0.05) is 25.0 Å². The number of benzene rings is 2. The summed E-state index contributed by atoms with van der Waals surface area (Å²) in [4.78, 5) is 17.1. The van der Waals surface area contributed by atoms with Gasteiger partial charge in [0.1, 0.15) is 5.58 Å². The topological polar surface area (TPSA) is 36.7 Å². The predicted molar refractivity (Wildman–Crippen MR) is 112 cm³/mol. The van der Waals surface area contributed by atoms with E-state index in [9.17, 15) is 4.79 Å². The number of piperidine rings is 1. The summed E-state index contributed by atoms with van der Waals surface area (Å²) in [7, 11) is 4.11. The maximum atomic E-state index is 12.8. The first-order chi connectivity index (χ1) is 13.6.